The number of imidazole rings is 1. The molecule has 250 valence electrons. The maximum Gasteiger partial charge on any atom is 0.391 e. The summed E-state index contributed by atoms with van der Waals surface area (Å²) in [5, 5.41) is 8.95. The van der Waals surface area contributed by atoms with E-state index in [9.17, 15) is 31.5 Å². The van der Waals surface area contributed by atoms with Gasteiger partial charge in [-0.3, -0.25) is 9.59 Å². The van der Waals surface area contributed by atoms with Crippen molar-refractivity contribution in [3.8, 4) is 0 Å². The lowest BCUT2D eigenvalue weighted by molar-refractivity contribution is -0.182. The second-order valence-electron chi connectivity index (χ2n) is 12.4. The molecule has 0 spiro atoms. The smallest absolute Gasteiger partial charge is 0.368 e. The van der Waals surface area contributed by atoms with Gasteiger partial charge in [-0.25, -0.2) is 13.8 Å². The highest BCUT2D eigenvalue weighted by Gasteiger charge is 2.41. The monoisotopic (exact) mass is 688 g/mol. The van der Waals surface area contributed by atoms with E-state index in [0.29, 0.717) is 46.9 Å². The molecule has 1 atom stereocenters. The molecule has 0 radical (unpaired) electrons. The maximum atomic E-state index is 14.3. The summed E-state index contributed by atoms with van der Waals surface area (Å²) < 4.78 is 69.5. The Labute approximate surface area is 273 Å². The molecule has 0 unspecified atom stereocenters. The van der Waals surface area contributed by atoms with Crippen LogP contribution in [0.2, 0.25) is 10.0 Å². The third-order valence-corrected chi connectivity index (χ3v) is 9.37. The largest absolute Gasteiger partial charge is 0.391 e. The van der Waals surface area contributed by atoms with Crippen molar-refractivity contribution in [2.45, 2.75) is 76.6 Å². The minimum Gasteiger partial charge on any atom is -0.368 e. The van der Waals surface area contributed by atoms with Gasteiger partial charge in [-0.2, -0.15) is 13.2 Å². The first-order chi connectivity index (χ1) is 21.5. The fourth-order valence-corrected chi connectivity index (χ4v) is 6.42. The van der Waals surface area contributed by atoms with Crippen molar-refractivity contribution < 1.29 is 31.5 Å². The number of fused-ring (bicyclic) bond motifs is 1. The van der Waals surface area contributed by atoms with Crippen LogP contribution in [0.15, 0.2) is 24.3 Å². The summed E-state index contributed by atoms with van der Waals surface area (Å²) in [6, 6.07) is 6.10. The Morgan fingerprint density at radius 3 is 2.35 bits per heavy atom. The zero-order valence-electron chi connectivity index (χ0n) is 25.5. The first-order valence-electron chi connectivity index (χ1n) is 15.0. The van der Waals surface area contributed by atoms with Crippen LogP contribution in [-0.4, -0.2) is 58.5 Å². The Balaban J connectivity index is 1.43. The van der Waals surface area contributed by atoms with Crippen molar-refractivity contribution >= 4 is 63.4 Å². The number of anilines is 3. The van der Waals surface area contributed by atoms with Gasteiger partial charge in [0.2, 0.25) is 5.95 Å². The topological polar surface area (TPSA) is 91.3 Å². The molecule has 5 rings (SSSR count). The fourth-order valence-electron chi connectivity index (χ4n) is 5.89. The predicted octanol–water partition coefficient (Wildman–Crippen LogP) is 7.39. The zero-order valence-corrected chi connectivity index (χ0v) is 27.0. The van der Waals surface area contributed by atoms with Gasteiger partial charge in [-0.05, 0) is 69.7 Å². The van der Waals surface area contributed by atoms with Crippen molar-refractivity contribution in [3.05, 3.63) is 45.4 Å². The Morgan fingerprint density at radius 2 is 1.74 bits per heavy atom. The number of halogens is 7. The second kappa shape index (κ2) is 13.1. The number of aryl methyl sites for hydroxylation is 1. The van der Waals surface area contributed by atoms with Gasteiger partial charge in [0.05, 0.1) is 43.9 Å². The Hall–Kier alpha value is -3.32. The molecule has 2 amide bonds. The average molecular weight is 690 g/mol. The van der Waals surface area contributed by atoms with Crippen LogP contribution < -0.4 is 20.9 Å². The highest BCUT2D eigenvalue weighted by atomic mass is 35.5. The molecule has 46 heavy (non-hydrogen) atoms. The van der Waals surface area contributed by atoms with Crippen LogP contribution in [0.5, 0.6) is 0 Å². The summed E-state index contributed by atoms with van der Waals surface area (Å²) in [7, 11) is 1.73. The summed E-state index contributed by atoms with van der Waals surface area (Å²) >= 11 is 13.1. The summed E-state index contributed by atoms with van der Waals surface area (Å²) in [4.78, 5) is 32.1. The molecule has 1 aliphatic carbocycles. The van der Waals surface area contributed by atoms with Gasteiger partial charge in [0.1, 0.15) is 6.17 Å². The van der Waals surface area contributed by atoms with E-state index in [2.05, 4.69) is 20.9 Å². The number of hydrogen-bond acceptors (Lipinski definition) is 5. The van der Waals surface area contributed by atoms with Gasteiger partial charge in [0, 0.05) is 32.7 Å². The van der Waals surface area contributed by atoms with Crippen molar-refractivity contribution in [1.29, 1.82) is 0 Å². The van der Waals surface area contributed by atoms with Gasteiger partial charge >= 0.3 is 6.18 Å². The van der Waals surface area contributed by atoms with Gasteiger partial charge in [-0.1, -0.05) is 29.3 Å². The number of rotatable bonds is 8. The molecule has 1 aromatic heterocycles. The molecule has 1 saturated heterocycles. The Kier molecular flexibility index (Phi) is 9.66. The van der Waals surface area contributed by atoms with E-state index in [0.717, 1.165) is 13.8 Å². The van der Waals surface area contributed by atoms with Crippen molar-refractivity contribution in [1.82, 2.24) is 20.2 Å². The lowest BCUT2D eigenvalue weighted by atomic mass is 9.85. The number of alkyl halides is 5. The van der Waals surface area contributed by atoms with Gasteiger partial charge < -0.3 is 25.4 Å². The van der Waals surface area contributed by atoms with Gasteiger partial charge in [0.15, 0.2) is 5.67 Å². The number of nitrogens with one attached hydrogen (secondary N) is 3. The standard InChI is InChI=1S/C31H35Cl2F5N6O2/c1-30(2,35)28(46)39-14-16-4-9-21(32)26(25(16)33)42-29-41-22-12-20(23(13-24(22)43(29)3)44-11-10-18(34)15-44)27(45)40-19-7-5-17(6-8-19)31(36,37)38/h4,9,12-13,17-19H,5-8,10-11,14-15H2,1-3H3,(H,39,46)(H,40,45)(H,41,42)/t17?,18-,19?/m1/s1. The number of nitrogens with zero attached hydrogens (tertiary/aromatic N) is 3. The Bertz CT molecular complexity index is 1630. The second-order valence-corrected chi connectivity index (χ2v) is 13.2. The number of carbonyl (C=O) groups excluding carboxylic acids is 2. The number of amides is 2. The van der Waals surface area contributed by atoms with E-state index in [-0.39, 0.29) is 54.4 Å². The van der Waals surface area contributed by atoms with E-state index < -0.39 is 41.8 Å². The van der Waals surface area contributed by atoms with Gasteiger partial charge in [-0.15, -0.1) is 0 Å². The van der Waals surface area contributed by atoms with E-state index in [4.69, 9.17) is 23.2 Å². The van der Waals surface area contributed by atoms with Crippen LogP contribution in [0.25, 0.3) is 11.0 Å². The summed E-state index contributed by atoms with van der Waals surface area (Å²) in [6.07, 6.45) is -4.72. The van der Waals surface area contributed by atoms with Crippen LogP contribution >= 0.6 is 23.2 Å². The van der Waals surface area contributed by atoms with E-state index >= 15 is 0 Å². The van der Waals surface area contributed by atoms with Crippen LogP contribution in [0.1, 0.15) is 61.9 Å². The number of aromatic nitrogens is 2. The van der Waals surface area contributed by atoms with Crippen LogP contribution in [-0.2, 0) is 18.4 Å². The first-order valence-corrected chi connectivity index (χ1v) is 15.8. The first kappa shape index (κ1) is 34.0. The molecule has 15 heteroatoms. The number of carbonyl (C=O) groups is 2. The lowest BCUT2D eigenvalue weighted by Gasteiger charge is -2.30. The summed E-state index contributed by atoms with van der Waals surface area (Å²) in [5.74, 6) is -2.33. The maximum absolute atomic E-state index is 14.3. The molecule has 3 aromatic rings. The summed E-state index contributed by atoms with van der Waals surface area (Å²) in [6.45, 7) is 2.73. The lowest BCUT2D eigenvalue weighted by Crippen LogP contribution is -2.40. The minimum absolute atomic E-state index is 0.0511. The molecule has 1 aliphatic heterocycles. The molecule has 2 fully saturated rings. The third-order valence-electron chi connectivity index (χ3n) is 8.63. The molecule has 2 aliphatic rings. The predicted molar refractivity (Wildman–Crippen MR) is 168 cm³/mol. The number of benzene rings is 2. The molecule has 2 heterocycles. The van der Waals surface area contributed by atoms with E-state index in [1.807, 2.05) is 0 Å². The van der Waals surface area contributed by atoms with Crippen molar-refractivity contribution in [2.75, 3.05) is 23.3 Å². The molecule has 3 N–H and O–H groups in total. The zero-order chi connectivity index (χ0) is 33.6. The molecular weight excluding hydrogens is 654 g/mol. The normalized spacial score (nSPS) is 20.7. The molecule has 2 aromatic carbocycles. The third kappa shape index (κ3) is 7.30. The van der Waals surface area contributed by atoms with Crippen LogP contribution in [0.4, 0.5) is 39.3 Å². The van der Waals surface area contributed by atoms with Gasteiger partial charge in [0.25, 0.3) is 11.8 Å². The van der Waals surface area contributed by atoms with E-state index in [1.165, 1.54) is 0 Å². The molecule has 0 bridgehead atoms. The van der Waals surface area contributed by atoms with Crippen molar-refractivity contribution in [3.63, 3.8) is 0 Å². The SMILES string of the molecule is Cn1c(Nc2c(Cl)ccc(CNC(=O)C(C)(C)F)c2Cl)nc2cc(C(=O)NC3CCC(C(F)(F)F)CC3)c(N3CC[C@@H](F)C3)cc21. The molecular formula is C31H35Cl2F5N6O2. The molecule has 8 nitrogen and oxygen atoms in total. The molecule has 1 saturated carbocycles. The van der Waals surface area contributed by atoms with Crippen molar-refractivity contribution in [2.24, 2.45) is 13.0 Å². The summed E-state index contributed by atoms with van der Waals surface area (Å²) in [5.41, 5.74) is 0.473. The Morgan fingerprint density at radius 1 is 1.04 bits per heavy atom. The van der Waals surface area contributed by atoms with Crippen LogP contribution in [0, 0.1) is 5.92 Å². The minimum atomic E-state index is -4.26. The average Bonchev–Trinajstić information content (AvgIpc) is 3.55. The van der Waals surface area contributed by atoms with Crippen LogP contribution in [0.3, 0.4) is 0 Å². The quantitative estimate of drug-likeness (QED) is 0.215. The number of hydrogen-bond donors (Lipinski definition) is 3. The highest BCUT2D eigenvalue weighted by Crippen LogP contribution is 2.39. The van der Waals surface area contributed by atoms with E-state index in [1.54, 1.807) is 40.8 Å². The highest BCUT2D eigenvalue weighted by molar-refractivity contribution is 6.39. The fraction of sp³-hybridized carbons (Fsp3) is 0.516.